The Hall–Kier alpha value is -1.20. The largest absolute Gasteiger partial charge is 0.480 e. The third-order valence-electron chi connectivity index (χ3n) is 2.19. The zero-order chi connectivity index (χ0) is 12.9. The van der Waals surface area contributed by atoms with E-state index in [4.69, 9.17) is 10.8 Å². The van der Waals surface area contributed by atoms with Gasteiger partial charge in [-0.25, -0.2) is 5.09 Å². The molecule has 94 valence electrons. The molecule has 0 saturated carbocycles. The van der Waals surface area contributed by atoms with E-state index < -0.39 is 25.8 Å². The summed E-state index contributed by atoms with van der Waals surface area (Å²) >= 11 is 0. The molecule has 1 aromatic rings. The molecule has 0 radical (unpaired) electrons. The molecule has 2 unspecified atom stereocenters. The summed E-state index contributed by atoms with van der Waals surface area (Å²) in [6.07, 6.45) is 0.210. The number of carbonyl (C=O) groups is 1. The van der Waals surface area contributed by atoms with Crippen LogP contribution in [0.3, 0.4) is 0 Å². The van der Waals surface area contributed by atoms with Crippen LogP contribution in [-0.2, 0) is 15.8 Å². The molecule has 0 heterocycles. The van der Waals surface area contributed by atoms with Crippen molar-refractivity contribution in [2.24, 2.45) is 5.73 Å². The molecular formula is C10H15N2O4P. The lowest BCUT2D eigenvalue weighted by atomic mass is 10.2. The van der Waals surface area contributed by atoms with Gasteiger partial charge in [-0.1, -0.05) is 30.3 Å². The number of benzene rings is 1. The van der Waals surface area contributed by atoms with Gasteiger partial charge in [0.15, 0.2) is 0 Å². The van der Waals surface area contributed by atoms with E-state index in [9.17, 15) is 14.3 Å². The lowest BCUT2D eigenvalue weighted by Gasteiger charge is -2.19. The fourth-order valence-corrected chi connectivity index (χ4v) is 2.33. The highest BCUT2D eigenvalue weighted by molar-refractivity contribution is 7.56. The van der Waals surface area contributed by atoms with E-state index in [1.807, 2.05) is 6.07 Å². The zero-order valence-electron chi connectivity index (χ0n) is 9.11. The smallest absolute Gasteiger partial charge is 0.317 e. The fraction of sp³-hybridized carbons (Fsp3) is 0.300. The molecule has 7 heteroatoms. The molecule has 0 aliphatic carbocycles. The van der Waals surface area contributed by atoms with Crippen molar-refractivity contribution < 1.29 is 19.4 Å². The summed E-state index contributed by atoms with van der Waals surface area (Å²) in [4.78, 5) is 19.8. The predicted molar refractivity (Wildman–Crippen MR) is 63.6 cm³/mol. The van der Waals surface area contributed by atoms with Crippen molar-refractivity contribution in [3.8, 4) is 0 Å². The van der Waals surface area contributed by atoms with Crippen LogP contribution < -0.4 is 10.8 Å². The van der Waals surface area contributed by atoms with Gasteiger partial charge in [-0.2, -0.15) is 0 Å². The van der Waals surface area contributed by atoms with Gasteiger partial charge in [0.1, 0.15) is 12.3 Å². The number of aliphatic carboxylic acids is 1. The molecule has 0 aliphatic rings. The highest BCUT2D eigenvalue weighted by Gasteiger charge is 2.27. The maximum Gasteiger partial charge on any atom is 0.317 e. The maximum absolute atomic E-state index is 11.7. The van der Waals surface area contributed by atoms with Gasteiger partial charge >= 0.3 is 5.97 Å². The summed E-state index contributed by atoms with van der Waals surface area (Å²) in [5.74, 6) is -2.23. The number of rotatable bonds is 6. The van der Waals surface area contributed by atoms with Crippen molar-refractivity contribution in [3.63, 3.8) is 0 Å². The second-order valence-electron chi connectivity index (χ2n) is 3.61. The number of hydrogen-bond acceptors (Lipinski definition) is 3. The summed E-state index contributed by atoms with van der Waals surface area (Å²) in [5.41, 5.74) is 6.43. The van der Waals surface area contributed by atoms with E-state index in [2.05, 4.69) is 5.09 Å². The molecule has 17 heavy (non-hydrogen) atoms. The summed E-state index contributed by atoms with van der Waals surface area (Å²) in [6.45, 7) is -0.587. The Kier molecular flexibility index (Phi) is 4.84. The third kappa shape index (κ3) is 4.66. The standard InChI is InChI=1S/C10H15N2O4P/c11-9(6-8-4-2-1-3-5-8)17(15,16)12-7-10(13)14/h1-5,9H,6-7,11H2,(H,13,14)(H2,12,15,16). The number of nitrogens with one attached hydrogen (secondary N) is 1. The molecule has 0 amide bonds. The zero-order valence-corrected chi connectivity index (χ0v) is 10.0. The van der Waals surface area contributed by atoms with Crippen molar-refractivity contribution in [1.82, 2.24) is 5.09 Å². The molecule has 1 aromatic carbocycles. The molecule has 0 aliphatic heterocycles. The van der Waals surface area contributed by atoms with Gasteiger partial charge in [0.2, 0.25) is 0 Å². The Labute approximate surface area is 99.0 Å². The molecule has 0 bridgehead atoms. The third-order valence-corrected chi connectivity index (χ3v) is 3.89. The van der Waals surface area contributed by atoms with Gasteiger partial charge in [0.25, 0.3) is 7.52 Å². The van der Waals surface area contributed by atoms with Gasteiger partial charge in [-0.3, -0.25) is 9.36 Å². The molecule has 0 spiro atoms. The van der Waals surface area contributed by atoms with E-state index in [1.54, 1.807) is 24.3 Å². The minimum absolute atomic E-state index is 0.210. The Balaban J connectivity index is 2.60. The van der Waals surface area contributed by atoms with Crippen molar-refractivity contribution >= 4 is 13.5 Å². The normalized spacial score (nSPS) is 16.1. The monoisotopic (exact) mass is 258 g/mol. The molecular weight excluding hydrogens is 243 g/mol. The first kappa shape index (κ1) is 13.9. The van der Waals surface area contributed by atoms with Gasteiger partial charge in [-0.15, -0.1) is 0 Å². The number of hydrogen-bond donors (Lipinski definition) is 4. The highest BCUT2D eigenvalue weighted by Crippen LogP contribution is 2.39. The summed E-state index contributed by atoms with van der Waals surface area (Å²) < 4.78 is 11.7. The Morgan fingerprint density at radius 2 is 2.00 bits per heavy atom. The Morgan fingerprint density at radius 3 is 2.53 bits per heavy atom. The van der Waals surface area contributed by atoms with Crippen LogP contribution in [0.25, 0.3) is 0 Å². The van der Waals surface area contributed by atoms with E-state index in [1.165, 1.54) is 0 Å². The minimum Gasteiger partial charge on any atom is -0.480 e. The van der Waals surface area contributed by atoms with Crippen LogP contribution >= 0.6 is 7.52 Å². The Morgan fingerprint density at radius 1 is 1.41 bits per heavy atom. The molecule has 0 aromatic heterocycles. The molecule has 5 N–H and O–H groups in total. The maximum atomic E-state index is 11.7. The predicted octanol–water partition coefficient (Wildman–Crippen LogP) is 0.373. The second-order valence-corrected chi connectivity index (χ2v) is 5.83. The topological polar surface area (TPSA) is 113 Å². The Bertz CT molecular complexity index is 424. The van der Waals surface area contributed by atoms with Crippen LogP contribution in [0.1, 0.15) is 5.56 Å². The quantitative estimate of drug-likeness (QED) is 0.548. The van der Waals surface area contributed by atoms with Crippen molar-refractivity contribution in [1.29, 1.82) is 0 Å². The van der Waals surface area contributed by atoms with Crippen molar-refractivity contribution in [3.05, 3.63) is 35.9 Å². The minimum atomic E-state index is -3.86. The van der Waals surface area contributed by atoms with Crippen LogP contribution in [0.5, 0.6) is 0 Å². The molecule has 0 saturated heterocycles. The van der Waals surface area contributed by atoms with Gasteiger partial charge in [0, 0.05) is 0 Å². The van der Waals surface area contributed by atoms with E-state index in [0.717, 1.165) is 5.56 Å². The molecule has 6 nitrogen and oxygen atoms in total. The molecule has 1 rings (SSSR count). The number of carboxylic acid groups (broad SMARTS) is 1. The van der Waals surface area contributed by atoms with Crippen LogP contribution in [0, 0.1) is 0 Å². The van der Waals surface area contributed by atoms with E-state index in [0.29, 0.717) is 0 Å². The lowest BCUT2D eigenvalue weighted by Crippen LogP contribution is -2.32. The molecule has 2 atom stereocenters. The first-order chi connectivity index (χ1) is 7.92. The summed E-state index contributed by atoms with van der Waals surface area (Å²) in [6, 6.07) is 9.01. The lowest BCUT2D eigenvalue weighted by molar-refractivity contribution is -0.135. The van der Waals surface area contributed by atoms with Crippen LogP contribution in [0.4, 0.5) is 0 Å². The average molecular weight is 258 g/mol. The van der Waals surface area contributed by atoms with Crippen LogP contribution in [0.2, 0.25) is 0 Å². The average Bonchev–Trinajstić information content (AvgIpc) is 2.28. The van der Waals surface area contributed by atoms with Crippen LogP contribution in [-0.4, -0.2) is 28.3 Å². The first-order valence-electron chi connectivity index (χ1n) is 5.01. The summed E-state index contributed by atoms with van der Waals surface area (Å²) in [7, 11) is -3.86. The van der Waals surface area contributed by atoms with E-state index >= 15 is 0 Å². The summed E-state index contributed by atoms with van der Waals surface area (Å²) in [5, 5.41) is 10.5. The van der Waals surface area contributed by atoms with E-state index in [-0.39, 0.29) is 6.42 Å². The van der Waals surface area contributed by atoms with Crippen molar-refractivity contribution in [2.45, 2.75) is 12.2 Å². The SMILES string of the molecule is NC(Cc1ccccc1)P(=O)(O)NCC(=O)O. The fourth-order valence-electron chi connectivity index (χ4n) is 1.28. The van der Waals surface area contributed by atoms with Crippen molar-refractivity contribution in [2.75, 3.05) is 6.54 Å². The van der Waals surface area contributed by atoms with Gasteiger partial charge in [0.05, 0.1) is 0 Å². The number of carboxylic acids is 1. The molecule has 0 fully saturated rings. The highest BCUT2D eigenvalue weighted by atomic mass is 31.2. The van der Waals surface area contributed by atoms with Crippen LogP contribution in [0.15, 0.2) is 30.3 Å². The van der Waals surface area contributed by atoms with Gasteiger partial charge in [-0.05, 0) is 12.0 Å². The number of nitrogens with two attached hydrogens (primary N) is 1. The second kappa shape index (κ2) is 5.93. The first-order valence-corrected chi connectivity index (χ1v) is 6.73. The van der Waals surface area contributed by atoms with Gasteiger partial charge < -0.3 is 15.7 Å².